The van der Waals surface area contributed by atoms with Gasteiger partial charge < -0.3 is 15.0 Å². The molecule has 3 rings (SSSR count). The van der Waals surface area contributed by atoms with Crippen LogP contribution in [0, 0.1) is 0 Å². The molecular weight excluding hydrogens is 516 g/mol. The molecule has 1 unspecified atom stereocenters. The molecule has 0 spiro atoms. The number of carbonyl (C=O) groups is 2. The number of benzene rings is 3. The van der Waals surface area contributed by atoms with Gasteiger partial charge in [0.05, 0.1) is 6.61 Å². The lowest BCUT2D eigenvalue weighted by molar-refractivity contribution is -0.142. The molecule has 0 aromatic heterocycles. The van der Waals surface area contributed by atoms with Crippen LogP contribution < -0.4 is 10.1 Å². The van der Waals surface area contributed by atoms with Crippen molar-refractivity contribution in [1.29, 1.82) is 0 Å². The Balaban J connectivity index is 1.82. The average Bonchev–Trinajstić information content (AvgIpc) is 2.84. The van der Waals surface area contributed by atoms with E-state index in [0.29, 0.717) is 26.0 Å². The molecule has 0 saturated heterocycles. The fourth-order valence-corrected chi connectivity index (χ4v) is 4.36. The van der Waals surface area contributed by atoms with Crippen LogP contribution >= 0.6 is 15.9 Å². The van der Waals surface area contributed by atoms with Gasteiger partial charge in [0.25, 0.3) is 0 Å². The van der Waals surface area contributed by atoms with Gasteiger partial charge in [0.15, 0.2) is 0 Å². The Hall–Kier alpha value is -3.12. The van der Waals surface area contributed by atoms with E-state index >= 15 is 0 Å². The smallest absolute Gasteiger partial charge is 0.243 e. The third kappa shape index (κ3) is 9.15. The molecule has 0 heterocycles. The predicted octanol–water partition coefficient (Wildman–Crippen LogP) is 6.16. The van der Waals surface area contributed by atoms with E-state index < -0.39 is 11.6 Å². The first-order chi connectivity index (χ1) is 17.2. The summed E-state index contributed by atoms with van der Waals surface area (Å²) in [5.41, 5.74) is 1.55. The number of rotatable bonds is 11. The zero-order chi connectivity index (χ0) is 26.0. The van der Waals surface area contributed by atoms with Crippen LogP contribution in [0.5, 0.6) is 5.75 Å². The van der Waals surface area contributed by atoms with Gasteiger partial charge in [-0.2, -0.15) is 0 Å². The van der Waals surface area contributed by atoms with Gasteiger partial charge >= 0.3 is 0 Å². The summed E-state index contributed by atoms with van der Waals surface area (Å²) < 4.78 is 6.72. The molecular formula is C30H35BrN2O3. The second-order valence-electron chi connectivity index (χ2n) is 9.86. The Morgan fingerprint density at radius 2 is 1.56 bits per heavy atom. The summed E-state index contributed by atoms with van der Waals surface area (Å²) in [5.74, 6) is 0.550. The van der Waals surface area contributed by atoms with Gasteiger partial charge in [-0.15, -0.1) is 0 Å². The molecule has 0 saturated carbocycles. The summed E-state index contributed by atoms with van der Waals surface area (Å²) in [6.45, 7) is 6.62. The number of hydrogen-bond donors (Lipinski definition) is 1. The highest BCUT2D eigenvalue weighted by Crippen LogP contribution is 2.20. The fourth-order valence-electron chi connectivity index (χ4n) is 3.91. The highest BCUT2D eigenvalue weighted by Gasteiger charge is 2.32. The molecule has 1 N–H and O–H groups in total. The molecule has 5 nitrogen and oxygen atoms in total. The lowest BCUT2D eigenvalue weighted by Crippen LogP contribution is -2.54. The lowest BCUT2D eigenvalue weighted by Gasteiger charge is -2.34. The molecule has 6 heteroatoms. The van der Waals surface area contributed by atoms with Gasteiger partial charge in [0, 0.05) is 29.4 Å². The van der Waals surface area contributed by atoms with Gasteiger partial charge in [-0.05, 0) is 62.6 Å². The molecule has 36 heavy (non-hydrogen) atoms. The maximum Gasteiger partial charge on any atom is 0.243 e. The van der Waals surface area contributed by atoms with Gasteiger partial charge in [-0.25, -0.2) is 0 Å². The normalized spacial score (nSPS) is 12.0. The zero-order valence-electron chi connectivity index (χ0n) is 21.2. The van der Waals surface area contributed by atoms with Crippen molar-refractivity contribution in [2.24, 2.45) is 0 Å². The van der Waals surface area contributed by atoms with E-state index in [2.05, 4.69) is 21.2 Å². The minimum atomic E-state index is -0.645. The molecule has 0 bridgehead atoms. The Labute approximate surface area is 223 Å². The van der Waals surface area contributed by atoms with Crippen molar-refractivity contribution in [3.05, 3.63) is 101 Å². The maximum absolute atomic E-state index is 13.6. The van der Waals surface area contributed by atoms with Gasteiger partial charge in [-0.1, -0.05) is 76.6 Å². The average molecular weight is 552 g/mol. The summed E-state index contributed by atoms with van der Waals surface area (Å²) in [5, 5.41) is 3.09. The van der Waals surface area contributed by atoms with E-state index in [4.69, 9.17) is 4.74 Å². The Kier molecular flexibility index (Phi) is 10.1. The van der Waals surface area contributed by atoms with Gasteiger partial charge in [0.2, 0.25) is 11.8 Å². The van der Waals surface area contributed by atoms with E-state index in [-0.39, 0.29) is 18.2 Å². The Morgan fingerprint density at radius 1 is 0.917 bits per heavy atom. The number of nitrogens with zero attached hydrogens (tertiary/aromatic N) is 1. The van der Waals surface area contributed by atoms with E-state index in [1.165, 1.54) is 0 Å². The third-order valence-electron chi connectivity index (χ3n) is 5.56. The number of halogens is 1. The molecule has 0 aliphatic heterocycles. The summed E-state index contributed by atoms with van der Waals surface area (Å²) in [7, 11) is 0. The number of hydrogen-bond acceptors (Lipinski definition) is 3. The summed E-state index contributed by atoms with van der Waals surface area (Å²) >= 11 is 3.52. The van der Waals surface area contributed by atoms with Crippen molar-refractivity contribution in [3.8, 4) is 5.75 Å². The molecule has 190 valence electrons. The maximum atomic E-state index is 13.6. The molecule has 0 fully saturated rings. The largest absolute Gasteiger partial charge is 0.494 e. The van der Waals surface area contributed by atoms with Crippen molar-refractivity contribution < 1.29 is 14.3 Å². The number of ether oxygens (including phenoxy) is 1. The lowest BCUT2D eigenvalue weighted by atomic mass is 10.00. The van der Waals surface area contributed by atoms with Crippen molar-refractivity contribution >= 4 is 27.7 Å². The second-order valence-corrected chi connectivity index (χ2v) is 10.8. The SMILES string of the molecule is CC(C)(C)NC(=O)C(Cc1ccccc1)N(Cc1cccc(Br)c1)C(=O)CCCOc1ccccc1. The number of para-hydroxylation sites is 1. The van der Waals surface area contributed by atoms with Crippen LogP contribution in [-0.4, -0.2) is 34.9 Å². The quantitative estimate of drug-likeness (QED) is 0.291. The predicted molar refractivity (Wildman–Crippen MR) is 148 cm³/mol. The van der Waals surface area contributed by atoms with Crippen molar-refractivity contribution in [2.75, 3.05) is 6.61 Å². The van der Waals surface area contributed by atoms with E-state index in [1.807, 2.05) is 106 Å². The summed E-state index contributed by atoms with van der Waals surface area (Å²) in [4.78, 5) is 28.9. The van der Waals surface area contributed by atoms with Crippen LogP contribution in [-0.2, 0) is 22.6 Å². The van der Waals surface area contributed by atoms with Crippen molar-refractivity contribution in [3.63, 3.8) is 0 Å². The topological polar surface area (TPSA) is 58.6 Å². The van der Waals surface area contributed by atoms with Crippen LogP contribution in [0.2, 0.25) is 0 Å². The van der Waals surface area contributed by atoms with Crippen LogP contribution in [0.15, 0.2) is 89.4 Å². The van der Waals surface area contributed by atoms with Crippen LogP contribution in [0.1, 0.15) is 44.7 Å². The van der Waals surface area contributed by atoms with Crippen LogP contribution in [0.4, 0.5) is 0 Å². The molecule has 2 amide bonds. The van der Waals surface area contributed by atoms with E-state index in [9.17, 15) is 9.59 Å². The van der Waals surface area contributed by atoms with E-state index in [0.717, 1.165) is 21.3 Å². The van der Waals surface area contributed by atoms with Crippen molar-refractivity contribution in [1.82, 2.24) is 10.2 Å². The molecule has 0 aliphatic rings. The standard InChI is InChI=1S/C30H35BrN2O3/c1-30(2,3)32-29(35)27(21-23-12-6-4-7-13-23)33(22-24-14-10-15-25(31)20-24)28(34)18-11-19-36-26-16-8-5-9-17-26/h4-10,12-17,20,27H,11,18-19,21-22H2,1-3H3,(H,32,35). The molecule has 0 radical (unpaired) electrons. The monoisotopic (exact) mass is 550 g/mol. The first kappa shape index (κ1) is 27.5. The highest BCUT2D eigenvalue weighted by atomic mass is 79.9. The molecule has 3 aromatic rings. The van der Waals surface area contributed by atoms with Gasteiger partial charge in [-0.3, -0.25) is 9.59 Å². The minimum Gasteiger partial charge on any atom is -0.494 e. The van der Waals surface area contributed by atoms with E-state index in [1.54, 1.807) is 4.90 Å². The third-order valence-corrected chi connectivity index (χ3v) is 6.05. The summed E-state index contributed by atoms with van der Waals surface area (Å²) in [6, 6.07) is 26.6. The van der Waals surface area contributed by atoms with Gasteiger partial charge in [0.1, 0.15) is 11.8 Å². The first-order valence-corrected chi connectivity index (χ1v) is 13.1. The zero-order valence-corrected chi connectivity index (χ0v) is 22.8. The molecule has 3 aromatic carbocycles. The van der Waals surface area contributed by atoms with Crippen LogP contribution in [0.25, 0.3) is 0 Å². The Morgan fingerprint density at radius 3 is 2.19 bits per heavy atom. The van der Waals surface area contributed by atoms with Crippen molar-refractivity contribution in [2.45, 2.75) is 58.2 Å². The molecule has 0 aliphatic carbocycles. The number of nitrogens with one attached hydrogen (secondary N) is 1. The summed E-state index contributed by atoms with van der Waals surface area (Å²) in [6.07, 6.45) is 1.28. The molecule has 1 atom stereocenters. The fraction of sp³-hybridized carbons (Fsp3) is 0.333. The second kappa shape index (κ2) is 13.3. The number of carbonyl (C=O) groups excluding carboxylic acids is 2. The number of amides is 2. The minimum absolute atomic E-state index is 0.0726. The Bertz CT molecular complexity index is 1110. The highest BCUT2D eigenvalue weighted by molar-refractivity contribution is 9.10. The first-order valence-electron chi connectivity index (χ1n) is 12.3. The van der Waals surface area contributed by atoms with Crippen LogP contribution in [0.3, 0.4) is 0 Å².